The number of halogens is 2. The van der Waals surface area contributed by atoms with Crippen LogP contribution in [0.4, 0.5) is 11.4 Å². The van der Waals surface area contributed by atoms with Crippen molar-refractivity contribution >= 4 is 50.5 Å². The average molecular weight is 463 g/mol. The standard InChI is InChI=1S/C22H20Cl2N2O3S/c1-15-8-16(2)10-19(9-15)25-22(27)14-26(20-12-17(23)11-18(24)13-20)30(28,29)21-6-4-3-5-7-21/h3-13H,14H2,1-2H3,(H,25,27). The second-order valence-corrected chi connectivity index (χ2v) is 9.61. The van der Waals surface area contributed by atoms with Crippen molar-refractivity contribution in [3.63, 3.8) is 0 Å². The van der Waals surface area contributed by atoms with E-state index >= 15 is 0 Å². The van der Waals surface area contributed by atoms with Crippen molar-refractivity contribution in [2.24, 2.45) is 0 Å². The van der Waals surface area contributed by atoms with Crippen LogP contribution in [0.15, 0.2) is 71.6 Å². The van der Waals surface area contributed by atoms with Crippen LogP contribution in [-0.4, -0.2) is 20.9 Å². The Kier molecular flexibility index (Phi) is 6.71. The Morgan fingerprint density at radius 1 is 0.900 bits per heavy atom. The quantitative estimate of drug-likeness (QED) is 0.529. The molecule has 0 aromatic heterocycles. The molecule has 0 unspecified atom stereocenters. The fourth-order valence-electron chi connectivity index (χ4n) is 3.10. The molecule has 0 saturated heterocycles. The first-order chi connectivity index (χ1) is 14.1. The van der Waals surface area contributed by atoms with Crippen LogP contribution in [0, 0.1) is 13.8 Å². The predicted molar refractivity (Wildman–Crippen MR) is 122 cm³/mol. The number of nitrogens with zero attached hydrogens (tertiary/aromatic N) is 1. The lowest BCUT2D eigenvalue weighted by Crippen LogP contribution is -2.38. The van der Waals surface area contributed by atoms with E-state index in [0.717, 1.165) is 15.4 Å². The third kappa shape index (κ3) is 5.33. The number of rotatable bonds is 6. The summed E-state index contributed by atoms with van der Waals surface area (Å²) in [5.41, 5.74) is 2.77. The third-order valence-corrected chi connectivity index (χ3v) is 6.48. The van der Waals surface area contributed by atoms with E-state index in [2.05, 4.69) is 5.32 Å². The van der Waals surface area contributed by atoms with Crippen molar-refractivity contribution < 1.29 is 13.2 Å². The van der Waals surface area contributed by atoms with E-state index in [1.54, 1.807) is 18.2 Å². The summed E-state index contributed by atoms with van der Waals surface area (Å²) < 4.78 is 27.6. The molecule has 3 aromatic rings. The maximum absolute atomic E-state index is 13.3. The largest absolute Gasteiger partial charge is 0.324 e. The number of hydrogen-bond acceptors (Lipinski definition) is 3. The molecule has 3 aromatic carbocycles. The van der Waals surface area contributed by atoms with Crippen LogP contribution in [0.2, 0.25) is 10.0 Å². The van der Waals surface area contributed by atoms with Crippen LogP contribution in [0.1, 0.15) is 11.1 Å². The molecular formula is C22H20Cl2N2O3S. The van der Waals surface area contributed by atoms with Crippen molar-refractivity contribution in [2.45, 2.75) is 18.7 Å². The summed E-state index contributed by atoms with van der Waals surface area (Å²) >= 11 is 12.2. The van der Waals surface area contributed by atoms with Gasteiger partial charge in [-0.3, -0.25) is 9.10 Å². The van der Waals surface area contributed by atoms with Crippen molar-refractivity contribution in [3.05, 3.63) is 87.9 Å². The SMILES string of the molecule is Cc1cc(C)cc(NC(=O)CN(c2cc(Cl)cc(Cl)c2)S(=O)(=O)c2ccccc2)c1. The minimum Gasteiger partial charge on any atom is -0.324 e. The molecule has 0 saturated carbocycles. The minimum atomic E-state index is -4.04. The van der Waals surface area contributed by atoms with Crippen LogP contribution in [0.25, 0.3) is 0 Å². The van der Waals surface area contributed by atoms with Gasteiger partial charge in [-0.15, -0.1) is 0 Å². The molecule has 3 rings (SSSR count). The second-order valence-electron chi connectivity index (χ2n) is 6.88. The van der Waals surface area contributed by atoms with Crippen LogP contribution < -0.4 is 9.62 Å². The first kappa shape index (κ1) is 22.2. The van der Waals surface area contributed by atoms with Gasteiger partial charge < -0.3 is 5.32 Å². The Morgan fingerprint density at radius 3 is 2.03 bits per heavy atom. The normalized spacial score (nSPS) is 11.2. The Labute approximate surface area is 186 Å². The number of hydrogen-bond donors (Lipinski definition) is 1. The van der Waals surface area contributed by atoms with Gasteiger partial charge in [0.05, 0.1) is 10.6 Å². The average Bonchev–Trinajstić information content (AvgIpc) is 2.65. The molecule has 1 N–H and O–H groups in total. The summed E-state index contributed by atoms with van der Waals surface area (Å²) in [7, 11) is -4.04. The Balaban J connectivity index is 1.98. The fraction of sp³-hybridized carbons (Fsp3) is 0.136. The number of nitrogens with one attached hydrogen (secondary N) is 1. The van der Waals surface area contributed by atoms with Crippen LogP contribution >= 0.6 is 23.2 Å². The Bertz CT molecular complexity index is 1140. The van der Waals surface area contributed by atoms with Gasteiger partial charge in [0.2, 0.25) is 5.91 Å². The number of amides is 1. The molecule has 0 aliphatic heterocycles. The van der Waals surface area contributed by atoms with E-state index in [1.165, 1.54) is 30.3 Å². The Morgan fingerprint density at radius 2 is 1.47 bits per heavy atom. The molecule has 1 amide bonds. The molecule has 0 atom stereocenters. The van der Waals surface area contributed by atoms with Crippen molar-refractivity contribution in [1.82, 2.24) is 0 Å². The van der Waals surface area contributed by atoms with E-state index in [1.807, 2.05) is 32.0 Å². The number of sulfonamides is 1. The molecular weight excluding hydrogens is 443 g/mol. The lowest BCUT2D eigenvalue weighted by molar-refractivity contribution is -0.114. The lowest BCUT2D eigenvalue weighted by atomic mass is 10.1. The maximum Gasteiger partial charge on any atom is 0.264 e. The van der Waals surface area contributed by atoms with Gasteiger partial charge in [-0.2, -0.15) is 0 Å². The molecule has 156 valence electrons. The highest BCUT2D eigenvalue weighted by Gasteiger charge is 2.27. The van der Waals surface area contributed by atoms with Gasteiger partial charge in [0.25, 0.3) is 10.0 Å². The van der Waals surface area contributed by atoms with E-state index in [0.29, 0.717) is 5.69 Å². The van der Waals surface area contributed by atoms with Crippen LogP contribution in [-0.2, 0) is 14.8 Å². The first-order valence-corrected chi connectivity index (χ1v) is 11.3. The topological polar surface area (TPSA) is 66.5 Å². The van der Waals surface area contributed by atoms with Gasteiger partial charge in [0, 0.05) is 15.7 Å². The molecule has 0 bridgehead atoms. The molecule has 0 spiro atoms. The summed E-state index contributed by atoms with van der Waals surface area (Å²) in [6.45, 7) is 3.40. The van der Waals surface area contributed by atoms with Crippen LogP contribution in [0.3, 0.4) is 0 Å². The van der Waals surface area contributed by atoms with Crippen molar-refractivity contribution in [3.8, 4) is 0 Å². The van der Waals surface area contributed by atoms with E-state index < -0.39 is 22.5 Å². The Hall–Kier alpha value is -2.54. The number of carbonyl (C=O) groups excluding carboxylic acids is 1. The molecule has 30 heavy (non-hydrogen) atoms. The van der Waals surface area contributed by atoms with Gasteiger partial charge in [0.15, 0.2) is 0 Å². The van der Waals surface area contributed by atoms with E-state index in [9.17, 15) is 13.2 Å². The molecule has 8 heteroatoms. The zero-order valence-corrected chi connectivity index (χ0v) is 18.7. The zero-order chi connectivity index (χ0) is 21.9. The number of aryl methyl sites for hydroxylation is 2. The predicted octanol–water partition coefficient (Wildman–Crippen LogP) is 5.44. The number of benzene rings is 3. The highest BCUT2D eigenvalue weighted by molar-refractivity contribution is 7.92. The van der Waals surface area contributed by atoms with Gasteiger partial charge in [-0.1, -0.05) is 47.5 Å². The highest BCUT2D eigenvalue weighted by Crippen LogP contribution is 2.29. The van der Waals surface area contributed by atoms with Gasteiger partial charge in [-0.05, 0) is 67.4 Å². The monoisotopic (exact) mass is 462 g/mol. The smallest absolute Gasteiger partial charge is 0.264 e. The molecule has 0 aliphatic carbocycles. The molecule has 0 aliphatic rings. The summed E-state index contributed by atoms with van der Waals surface area (Å²) in [5, 5.41) is 3.29. The molecule has 0 radical (unpaired) electrons. The van der Waals surface area contributed by atoms with Gasteiger partial charge in [-0.25, -0.2) is 8.42 Å². The summed E-state index contributed by atoms with van der Waals surface area (Å²) in [6, 6.07) is 17.9. The highest BCUT2D eigenvalue weighted by atomic mass is 35.5. The minimum absolute atomic E-state index is 0.0558. The molecule has 0 heterocycles. The second kappa shape index (κ2) is 9.08. The number of carbonyl (C=O) groups is 1. The third-order valence-electron chi connectivity index (χ3n) is 4.26. The van der Waals surface area contributed by atoms with Gasteiger partial charge >= 0.3 is 0 Å². The summed E-state index contributed by atoms with van der Waals surface area (Å²) in [6.07, 6.45) is 0. The van der Waals surface area contributed by atoms with Crippen molar-refractivity contribution in [2.75, 3.05) is 16.2 Å². The molecule has 0 fully saturated rings. The van der Waals surface area contributed by atoms with E-state index in [-0.39, 0.29) is 20.6 Å². The van der Waals surface area contributed by atoms with Gasteiger partial charge in [0.1, 0.15) is 6.54 Å². The summed E-state index contributed by atoms with van der Waals surface area (Å²) in [5.74, 6) is -0.490. The molecule has 5 nitrogen and oxygen atoms in total. The maximum atomic E-state index is 13.3. The fourth-order valence-corrected chi connectivity index (χ4v) is 5.04. The lowest BCUT2D eigenvalue weighted by Gasteiger charge is -2.24. The van der Waals surface area contributed by atoms with Crippen LogP contribution in [0.5, 0.6) is 0 Å². The zero-order valence-electron chi connectivity index (χ0n) is 16.4. The number of anilines is 2. The summed E-state index contributed by atoms with van der Waals surface area (Å²) in [4.78, 5) is 12.8. The first-order valence-electron chi connectivity index (χ1n) is 9.07. The van der Waals surface area contributed by atoms with E-state index in [4.69, 9.17) is 23.2 Å². The van der Waals surface area contributed by atoms with Crippen molar-refractivity contribution in [1.29, 1.82) is 0 Å².